The Hall–Kier alpha value is -2.38. The van der Waals surface area contributed by atoms with Gasteiger partial charge in [0.15, 0.2) is 5.75 Å². The number of carbonyl (C=O) groups excluding carboxylic acids is 1. The zero-order valence-corrected chi connectivity index (χ0v) is 14.5. The minimum absolute atomic E-state index is 0.00441. The molecule has 1 saturated heterocycles. The molecule has 7 heteroatoms. The SMILES string of the molecule is Cc1ccccc1COCC(=O)N[C@H]1COC[C@H]1Oc1cnn(C)c1. The second-order valence-electron chi connectivity index (χ2n) is 6.14. The summed E-state index contributed by atoms with van der Waals surface area (Å²) in [6, 6.07) is 7.76. The second kappa shape index (κ2) is 8.13. The molecule has 0 aliphatic carbocycles. The maximum Gasteiger partial charge on any atom is 0.246 e. The number of aromatic nitrogens is 2. The van der Waals surface area contributed by atoms with Crippen LogP contribution in [0.15, 0.2) is 36.7 Å². The van der Waals surface area contributed by atoms with Gasteiger partial charge in [0.05, 0.1) is 38.3 Å². The highest BCUT2D eigenvalue weighted by Crippen LogP contribution is 2.16. The fourth-order valence-corrected chi connectivity index (χ4v) is 2.69. The van der Waals surface area contributed by atoms with Gasteiger partial charge < -0.3 is 19.5 Å². The molecular weight excluding hydrogens is 322 g/mol. The van der Waals surface area contributed by atoms with Crippen molar-refractivity contribution in [2.24, 2.45) is 7.05 Å². The molecule has 1 aliphatic rings. The first-order valence-corrected chi connectivity index (χ1v) is 8.26. The standard InChI is InChI=1S/C18H23N3O4/c1-13-5-3-4-6-14(13)9-23-12-18(22)20-16-10-24-11-17(16)25-15-7-19-21(2)8-15/h3-8,16-17H,9-12H2,1-2H3,(H,20,22)/t16-,17+/m0/s1. The molecule has 0 unspecified atom stereocenters. The molecule has 3 rings (SSSR count). The fraction of sp³-hybridized carbons (Fsp3) is 0.444. The van der Waals surface area contributed by atoms with E-state index in [1.165, 1.54) is 0 Å². The number of hydrogen-bond acceptors (Lipinski definition) is 5. The highest BCUT2D eigenvalue weighted by Gasteiger charge is 2.31. The summed E-state index contributed by atoms with van der Waals surface area (Å²) in [6.45, 7) is 3.30. The van der Waals surface area contributed by atoms with Crippen LogP contribution in [0, 0.1) is 6.92 Å². The number of rotatable bonds is 7. The van der Waals surface area contributed by atoms with Crippen molar-refractivity contribution in [2.75, 3.05) is 19.8 Å². The molecule has 2 heterocycles. The summed E-state index contributed by atoms with van der Waals surface area (Å²) in [7, 11) is 1.82. The number of ether oxygens (including phenoxy) is 3. The molecule has 25 heavy (non-hydrogen) atoms. The summed E-state index contributed by atoms with van der Waals surface area (Å²) >= 11 is 0. The van der Waals surface area contributed by atoms with Crippen molar-refractivity contribution < 1.29 is 19.0 Å². The third-order valence-corrected chi connectivity index (χ3v) is 4.10. The van der Waals surface area contributed by atoms with Crippen molar-refractivity contribution in [3.8, 4) is 5.75 Å². The van der Waals surface area contributed by atoms with Gasteiger partial charge in [-0.15, -0.1) is 0 Å². The van der Waals surface area contributed by atoms with Crippen LogP contribution >= 0.6 is 0 Å². The van der Waals surface area contributed by atoms with E-state index in [1.807, 2.05) is 38.2 Å². The summed E-state index contributed by atoms with van der Waals surface area (Å²) in [4.78, 5) is 12.1. The van der Waals surface area contributed by atoms with Crippen LogP contribution in [-0.2, 0) is 27.9 Å². The Bertz CT molecular complexity index is 716. The molecule has 1 fully saturated rings. The van der Waals surface area contributed by atoms with Gasteiger partial charge in [-0.2, -0.15) is 5.10 Å². The summed E-state index contributed by atoms with van der Waals surface area (Å²) < 4.78 is 18.5. The Kier molecular flexibility index (Phi) is 5.67. The summed E-state index contributed by atoms with van der Waals surface area (Å²) in [6.07, 6.45) is 3.19. The minimum Gasteiger partial charge on any atom is -0.482 e. The van der Waals surface area contributed by atoms with Crippen molar-refractivity contribution in [3.63, 3.8) is 0 Å². The predicted molar refractivity (Wildman–Crippen MR) is 91.2 cm³/mol. The maximum atomic E-state index is 12.1. The van der Waals surface area contributed by atoms with Crippen molar-refractivity contribution in [2.45, 2.75) is 25.7 Å². The average Bonchev–Trinajstić information content (AvgIpc) is 3.19. The first kappa shape index (κ1) is 17.4. The van der Waals surface area contributed by atoms with E-state index < -0.39 is 0 Å². The molecule has 1 aliphatic heterocycles. The van der Waals surface area contributed by atoms with E-state index in [4.69, 9.17) is 14.2 Å². The summed E-state index contributed by atoms with van der Waals surface area (Å²) in [5, 5.41) is 6.98. The summed E-state index contributed by atoms with van der Waals surface area (Å²) in [5.74, 6) is 0.483. The van der Waals surface area contributed by atoms with E-state index >= 15 is 0 Å². The highest BCUT2D eigenvalue weighted by atomic mass is 16.5. The molecular formula is C18H23N3O4. The van der Waals surface area contributed by atoms with Crippen LogP contribution in [0.5, 0.6) is 5.75 Å². The first-order chi connectivity index (χ1) is 12.1. The zero-order chi connectivity index (χ0) is 17.6. The minimum atomic E-state index is -0.232. The highest BCUT2D eigenvalue weighted by molar-refractivity contribution is 5.77. The van der Waals surface area contributed by atoms with Crippen LogP contribution in [0.3, 0.4) is 0 Å². The van der Waals surface area contributed by atoms with Gasteiger partial charge in [0.2, 0.25) is 5.91 Å². The van der Waals surface area contributed by atoms with E-state index in [0.717, 1.165) is 11.1 Å². The molecule has 1 aromatic heterocycles. The van der Waals surface area contributed by atoms with Gasteiger partial charge in [-0.1, -0.05) is 24.3 Å². The van der Waals surface area contributed by atoms with Crippen LogP contribution in [0.4, 0.5) is 0 Å². The Morgan fingerprint density at radius 2 is 2.24 bits per heavy atom. The lowest BCUT2D eigenvalue weighted by Gasteiger charge is -2.19. The monoisotopic (exact) mass is 345 g/mol. The molecule has 0 spiro atoms. The van der Waals surface area contributed by atoms with Gasteiger partial charge in [0.25, 0.3) is 0 Å². The van der Waals surface area contributed by atoms with Crippen LogP contribution in [0.2, 0.25) is 0 Å². The number of amides is 1. The largest absolute Gasteiger partial charge is 0.482 e. The number of carbonyl (C=O) groups is 1. The Morgan fingerprint density at radius 3 is 3.00 bits per heavy atom. The van der Waals surface area contributed by atoms with Crippen LogP contribution in [-0.4, -0.2) is 47.7 Å². The van der Waals surface area contributed by atoms with Crippen molar-refractivity contribution in [1.29, 1.82) is 0 Å². The van der Waals surface area contributed by atoms with Gasteiger partial charge >= 0.3 is 0 Å². The lowest BCUT2D eigenvalue weighted by molar-refractivity contribution is -0.127. The van der Waals surface area contributed by atoms with Gasteiger partial charge in [-0.05, 0) is 18.1 Å². The van der Waals surface area contributed by atoms with Crippen LogP contribution < -0.4 is 10.1 Å². The predicted octanol–water partition coefficient (Wildman–Crippen LogP) is 1.21. The average molecular weight is 345 g/mol. The molecule has 2 aromatic rings. The molecule has 1 aromatic carbocycles. The van der Waals surface area contributed by atoms with E-state index in [1.54, 1.807) is 17.1 Å². The van der Waals surface area contributed by atoms with E-state index in [-0.39, 0.29) is 24.7 Å². The Labute approximate surface area is 146 Å². The Balaban J connectivity index is 1.44. The Morgan fingerprint density at radius 1 is 1.40 bits per heavy atom. The molecule has 0 saturated carbocycles. The normalized spacial score (nSPS) is 19.8. The maximum absolute atomic E-state index is 12.1. The molecule has 7 nitrogen and oxygen atoms in total. The van der Waals surface area contributed by atoms with Gasteiger partial charge in [0, 0.05) is 7.05 Å². The number of hydrogen-bond donors (Lipinski definition) is 1. The fourth-order valence-electron chi connectivity index (χ4n) is 2.69. The van der Waals surface area contributed by atoms with Gasteiger partial charge in [0.1, 0.15) is 12.7 Å². The van der Waals surface area contributed by atoms with Gasteiger partial charge in [-0.3, -0.25) is 9.48 Å². The summed E-state index contributed by atoms with van der Waals surface area (Å²) in [5.41, 5.74) is 2.23. The molecule has 2 atom stereocenters. The number of nitrogens with zero attached hydrogens (tertiary/aromatic N) is 2. The van der Waals surface area contributed by atoms with E-state index in [0.29, 0.717) is 25.6 Å². The first-order valence-electron chi connectivity index (χ1n) is 8.26. The zero-order valence-electron chi connectivity index (χ0n) is 14.5. The molecule has 1 amide bonds. The molecule has 0 radical (unpaired) electrons. The number of benzene rings is 1. The van der Waals surface area contributed by atoms with Crippen molar-refractivity contribution in [3.05, 3.63) is 47.8 Å². The smallest absolute Gasteiger partial charge is 0.246 e. The van der Waals surface area contributed by atoms with E-state index in [2.05, 4.69) is 10.4 Å². The van der Waals surface area contributed by atoms with Crippen LogP contribution in [0.25, 0.3) is 0 Å². The number of aryl methyl sites for hydroxylation is 2. The quantitative estimate of drug-likeness (QED) is 0.816. The van der Waals surface area contributed by atoms with Gasteiger partial charge in [-0.25, -0.2) is 0 Å². The molecule has 0 bridgehead atoms. The third-order valence-electron chi connectivity index (χ3n) is 4.10. The van der Waals surface area contributed by atoms with Crippen molar-refractivity contribution in [1.82, 2.24) is 15.1 Å². The lowest BCUT2D eigenvalue weighted by Crippen LogP contribution is -2.46. The molecule has 1 N–H and O–H groups in total. The molecule has 134 valence electrons. The second-order valence-corrected chi connectivity index (χ2v) is 6.14. The lowest BCUT2D eigenvalue weighted by atomic mass is 10.1. The van der Waals surface area contributed by atoms with Crippen LogP contribution in [0.1, 0.15) is 11.1 Å². The third kappa shape index (κ3) is 4.80. The van der Waals surface area contributed by atoms with Crippen molar-refractivity contribution >= 4 is 5.91 Å². The van der Waals surface area contributed by atoms with E-state index in [9.17, 15) is 4.79 Å². The topological polar surface area (TPSA) is 74.6 Å². The number of nitrogens with one attached hydrogen (secondary N) is 1.